The lowest BCUT2D eigenvalue weighted by Crippen LogP contribution is -2.67. The van der Waals surface area contributed by atoms with Gasteiger partial charge in [0.1, 0.15) is 18.3 Å². The zero-order valence-electron chi connectivity index (χ0n) is 16.1. The van der Waals surface area contributed by atoms with Crippen molar-refractivity contribution in [1.82, 2.24) is 15.2 Å². The number of H-pyrrole nitrogens is 1. The third kappa shape index (κ3) is 2.97. The van der Waals surface area contributed by atoms with Crippen molar-refractivity contribution in [2.24, 2.45) is 0 Å². The number of piperidine rings is 1. The highest BCUT2D eigenvalue weighted by atomic mass is 16.5. The first-order chi connectivity index (χ1) is 14.1. The Morgan fingerprint density at radius 1 is 1.17 bits per heavy atom. The summed E-state index contributed by atoms with van der Waals surface area (Å²) >= 11 is 0. The minimum absolute atomic E-state index is 0.0271. The van der Waals surface area contributed by atoms with Crippen LogP contribution in [0.15, 0.2) is 41.2 Å². The second kappa shape index (κ2) is 6.84. The Morgan fingerprint density at radius 3 is 2.83 bits per heavy atom. The Hall–Kier alpha value is -2.93. The molecule has 1 aliphatic carbocycles. The lowest BCUT2D eigenvalue weighted by molar-refractivity contribution is -0.150. The van der Waals surface area contributed by atoms with Crippen LogP contribution in [0, 0.1) is 0 Å². The Kier molecular flexibility index (Phi) is 4.28. The van der Waals surface area contributed by atoms with E-state index in [2.05, 4.69) is 10.3 Å². The fourth-order valence-electron chi connectivity index (χ4n) is 4.88. The van der Waals surface area contributed by atoms with E-state index in [0.717, 1.165) is 36.1 Å². The number of aromatic nitrogens is 1. The number of hydrogen-bond donors (Lipinski definition) is 2. The first-order valence-corrected chi connectivity index (χ1v) is 10.1. The molecule has 1 aromatic carbocycles. The highest BCUT2D eigenvalue weighted by Gasteiger charge is 2.50. The van der Waals surface area contributed by atoms with E-state index in [4.69, 9.17) is 4.74 Å². The van der Waals surface area contributed by atoms with Crippen molar-refractivity contribution in [2.45, 2.75) is 37.3 Å². The molecule has 2 aromatic rings. The summed E-state index contributed by atoms with van der Waals surface area (Å²) in [4.78, 5) is 42.3. The number of nitrogens with zero attached hydrogens (tertiary/aromatic N) is 1. The Labute approximate surface area is 168 Å². The van der Waals surface area contributed by atoms with Crippen LogP contribution in [-0.4, -0.2) is 47.5 Å². The fraction of sp³-hybridized carbons (Fsp3) is 0.409. The van der Waals surface area contributed by atoms with Crippen LogP contribution in [0.2, 0.25) is 0 Å². The maximum Gasteiger partial charge on any atom is 0.261 e. The minimum atomic E-state index is -0.655. The number of carbonyl (C=O) groups excluding carboxylic acids is 2. The molecule has 3 heterocycles. The molecule has 0 unspecified atom stereocenters. The molecule has 2 N–H and O–H groups in total. The van der Waals surface area contributed by atoms with E-state index in [1.54, 1.807) is 11.0 Å². The number of morpholine rings is 1. The number of hydrogen-bond acceptors (Lipinski definition) is 4. The van der Waals surface area contributed by atoms with Crippen molar-refractivity contribution < 1.29 is 14.3 Å². The normalized spacial score (nSPS) is 25.9. The lowest BCUT2D eigenvalue weighted by atomic mass is 9.77. The van der Waals surface area contributed by atoms with E-state index in [1.165, 1.54) is 0 Å². The van der Waals surface area contributed by atoms with Gasteiger partial charge in [0.25, 0.3) is 11.5 Å². The Balaban J connectivity index is 1.44. The van der Waals surface area contributed by atoms with E-state index in [0.29, 0.717) is 19.5 Å². The van der Waals surface area contributed by atoms with E-state index in [1.807, 2.05) is 30.3 Å². The molecule has 0 spiro atoms. The molecule has 7 nitrogen and oxygen atoms in total. The van der Waals surface area contributed by atoms with Gasteiger partial charge in [-0.05, 0) is 42.9 Å². The van der Waals surface area contributed by atoms with E-state index < -0.39 is 5.54 Å². The van der Waals surface area contributed by atoms with Crippen molar-refractivity contribution in [3.63, 3.8) is 0 Å². The summed E-state index contributed by atoms with van der Waals surface area (Å²) in [7, 11) is 0. The second-order valence-corrected chi connectivity index (χ2v) is 8.06. The summed E-state index contributed by atoms with van der Waals surface area (Å²) in [5.74, 6) is -0.428. The van der Waals surface area contributed by atoms with Gasteiger partial charge in [0.2, 0.25) is 5.91 Å². The van der Waals surface area contributed by atoms with Crippen LogP contribution in [0.25, 0.3) is 0 Å². The molecular weight excluding hydrogens is 370 g/mol. The number of aryl methyl sites for hydroxylation is 2. The average molecular weight is 393 g/mol. The van der Waals surface area contributed by atoms with E-state index in [-0.39, 0.29) is 35.6 Å². The molecule has 150 valence electrons. The predicted molar refractivity (Wildman–Crippen MR) is 106 cm³/mol. The molecule has 2 aliphatic heterocycles. The van der Waals surface area contributed by atoms with Crippen LogP contribution < -0.4 is 10.9 Å². The first-order valence-electron chi connectivity index (χ1n) is 10.1. The van der Waals surface area contributed by atoms with Crippen molar-refractivity contribution in [3.05, 3.63) is 69.1 Å². The number of rotatable bonds is 2. The fourth-order valence-corrected chi connectivity index (χ4v) is 4.88. The SMILES string of the molecule is O=C1CO[C@@H]2CN(C(=O)c3cc4c([nH]c3=O)CCC4)CC[C@@]2(c2ccccc2)N1. The van der Waals surface area contributed by atoms with Crippen LogP contribution in [0.4, 0.5) is 0 Å². The molecule has 5 rings (SSSR count). The molecule has 0 bridgehead atoms. The number of amides is 2. The molecule has 29 heavy (non-hydrogen) atoms. The van der Waals surface area contributed by atoms with Crippen molar-refractivity contribution in [3.8, 4) is 0 Å². The van der Waals surface area contributed by atoms with Crippen LogP contribution in [-0.2, 0) is 27.9 Å². The molecule has 0 saturated carbocycles. The first kappa shape index (κ1) is 18.1. The van der Waals surface area contributed by atoms with E-state index >= 15 is 0 Å². The summed E-state index contributed by atoms with van der Waals surface area (Å²) in [6.07, 6.45) is 2.91. The molecule has 2 atom stereocenters. The number of aromatic amines is 1. The molecule has 7 heteroatoms. The molecule has 0 radical (unpaired) electrons. The summed E-state index contributed by atoms with van der Waals surface area (Å²) in [6, 6.07) is 11.5. The van der Waals surface area contributed by atoms with Crippen LogP contribution >= 0.6 is 0 Å². The summed E-state index contributed by atoms with van der Waals surface area (Å²) in [5, 5.41) is 3.12. The van der Waals surface area contributed by atoms with Gasteiger partial charge < -0.3 is 19.9 Å². The van der Waals surface area contributed by atoms with Gasteiger partial charge in [-0.15, -0.1) is 0 Å². The molecule has 3 aliphatic rings. The van der Waals surface area contributed by atoms with Gasteiger partial charge in [-0.2, -0.15) is 0 Å². The lowest BCUT2D eigenvalue weighted by Gasteiger charge is -2.50. The monoisotopic (exact) mass is 393 g/mol. The highest BCUT2D eigenvalue weighted by molar-refractivity contribution is 5.94. The number of carbonyl (C=O) groups is 2. The van der Waals surface area contributed by atoms with Gasteiger partial charge in [0.15, 0.2) is 0 Å². The highest BCUT2D eigenvalue weighted by Crippen LogP contribution is 2.37. The standard InChI is InChI=1S/C22H23N3O4/c26-19-13-29-18-12-25(10-9-22(18,24-19)15-6-2-1-3-7-15)21(28)16-11-14-5-4-8-17(14)23-20(16)27/h1-3,6-7,11,18H,4-5,8-10,12-13H2,(H,23,27)(H,24,26)/t18-,22+/m1/s1. The molecule has 2 saturated heterocycles. The zero-order chi connectivity index (χ0) is 20.0. The predicted octanol–water partition coefficient (Wildman–Crippen LogP) is 1.12. The molecular formula is C22H23N3O4. The number of likely N-dealkylation sites (tertiary alicyclic amines) is 1. The summed E-state index contributed by atoms with van der Waals surface area (Å²) in [6.45, 7) is 0.732. The van der Waals surface area contributed by atoms with Crippen molar-refractivity contribution in [2.75, 3.05) is 19.7 Å². The maximum atomic E-state index is 13.2. The van der Waals surface area contributed by atoms with Crippen LogP contribution in [0.3, 0.4) is 0 Å². The number of nitrogens with one attached hydrogen (secondary N) is 2. The van der Waals surface area contributed by atoms with Gasteiger partial charge in [-0.3, -0.25) is 14.4 Å². The van der Waals surface area contributed by atoms with Crippen molar-refractivity contribution in [1.29, 1.82) is 0 Å². The zero-order valence-corrected chi connectivity index (χ0v) is 16.1. The third-order valence-corrected chi connectivity index (χ3v) is 6.38. The summed E-state index contributed by atoms with van der Waals surface area (Å²) < 4.78 is 5.88. The Bertz CT molecular complexity index is 1030. The van der Waals surface area contributed by atoms with Gasteiger partial charge >= 0.3 is 0 Å². The summed E-state index contributed by atoms with van der Waals surface area (Å²) in [5.41, 5.74) is 2.19. The molecule has 2 amide bonds. The van der Waals surface area contributed by atoms with E-state index in [9.17, 15) is 14.4 Å². The maximum absolute atomic E-state index is 13.2. The minimum Gasteiger partial charge on any atom is -0.364 e. The topological polar surface area (TPSA) is 91.5 Å². The molecule has 2 fully saturated rings. The van der Waals surface area contributed by atoms with Crippen molar-refractivity contribution >= 4 is 11.8 Å². The quantitative estimate of drug-likeness (QED) is 0.800. The molecule has 1 aromatic heterocycles. The Morgan fingerprint density at radius 2 is 2.00 bits per heavy atom. The smallest absolute Gasteiger partial charge is 0.261 e. The van der Waals surface area contributed by atoms with Gasteiger partial charge in [0.05, 0.1) is 5.54 Å². The number of fused-ring (bicyclic) bond motifs is 2. The number of benzene rings is 1. The average Bonchev–Trinajstić information content (AvgIpc) is 3.20. The van der Waals surface area contributed by atoms with Gasteiger partial charge in [0, 0.05) is 18.8 Å². The largest absolute Gasteiger partial charge is 0.364 e. The number of pyridine rings is 1. The number of ether oxygens (including phenoxy) is 1. The second-order valence-electron chi connectivity index (χ2n) is 8.06. The van der Waals surface area contributed by atoms with Gasteiger partial charge in [-0.25, -0.2) is 0 Å². The third-order valence-electron chi connectivity index (χ3n) is 6.38. The van der Waals surface area contributed by atoms with Gasteiger partial charge in [-0.1, -0.05) is 30.3 Å². The van der Waals surface area contributed by atoms with Crippen LogP contribution in [0.5, 0.6) is 0 Å². The van der Waals surface area contributed by atoms with Crippen LogP contribution in [0.1, 0.15) is 40.0 Å².